The first kappa shape index (κ1) is 17.8. The monoisotopic (exact) mass is 329 g/mol. The van der Waals surface area contributed by atoms with Crippen molar-refractivity contribution >= 4 is 5.97 Å². The van der Waals surface area contributed by atoms with Crippen molar-refractivity contribution < 1.29 is 19.4 Å². The van der Waals surface area contributed by atoms with E-state index in [-0.39, 0.29) is 0 Å². The fourth-order valence-electron chi connectivity index (χ4n) is 2.33. The van der Waals surface area contributed by atoms with Crippen molar-refractivity contribution in [3.05, 3.63) is 60.2 Å². The minimum absolute atomic E-state index is 0.374. The summed E-state index contributed by atoms with van der Waals surface area (Å²) >= 11 is 0. The average molecular weight is 329 g/mol. The van der Waals surface area contributed by atoms with Crippen molar-refractivity contribution in [2.24, 2.45) is 11.7 Å². The van der Waals surface area contributed by atoms with Crippen molar-refractivity contribution in [1.29, 1.82) is 0 Å². The van der Waals surface area contributed by atoms with E-state index in [9.17, 15) is 9.90 Å². The molecule has 5 heteroatoms. The maximum absolute atomic E-state index is 11.5. The van der Waals surface area contributed by atoms with Gasteiger partial charge in [0.05, 0.1) is 12.5 Å². The Morgan fingerprint density at radius 1 is 0.958 bits per heavy atom. The van der Waals surface area contributed by atoms with Gasteiger partial charge in [-0.05, 0) is 42.7 Å². The number of carbonyl (C=O) groups is 1. The Labute approximate surface area is 142 Å². The Morgan fingerprint density at radius 2 is 1.58 bits per heavy atom. The Bertz CT molecular complexity index is 613. The molecule has 0 fully saturated rings. The van der Waals surface area contributed by atoms with E-state index >= 15 is 0 Å². The minimum atomic E-state index is -0.810. The topological polar surface area (TPSA) is 81.8 Å². The largest absolute Gasteiger partial charge is 0.494 e. The zero-order valence-electron chi connectivity index (χ0n) is 13.6. The van der Waals surface area contributed by atoms with Crippen molar-refractivity contribution in [2.45, 2.75) is 12.8 Å². The van der Waals surface area contributed by atoms with Crippen LogP contribution in [0.3, 0.4) is 0 Å². The Morgan fingerprint density at radius 3 is 2.21 bits per heavy atom. The molecule has 0 saturated carbocycles. The van der Waals surface area contributed by atoms with Gasteiger partial charge >= 0.3 is 5.97 Å². The molecule has 2 aromatic rings. The van der Waals surface area contributed by atoms with E-state index in [2.05, 4.69) is 0 Å². The summed E-state index contributed by atoms with van der Waals surface area (Å²) in [6, 6.07) is 16.9. The lowest BCUT2D eigenvalue weighted by molar-refractivity contribution is -0.142. The zero-order valence-corrected chi connectivity index (χ0v) is 13.6. The van der Waals surface area contributed by atoms with Gasteiger partial charge < -0.3 is 20.3 Å². The molecule has 0 radical (unpaired) electrons. The van der Waals surface area contributed by atoms with E-state index < -0.39 is 11.9 Å². The lowest BCUT2D eigenvalue weighted by atomic mass is 9.96. The minimum Gasteiger partial charge on any atom is -0.494 e. The van der Waals surface area contributed by atoms with Crippen molar-refractivity contribution in [2.75, 3.05) is 19.8 Å². The molecule has 0 aliphatic rings. The molecule has 3 N–H and O–H groups in total. The van der Waals surface area contributed by atoms with Gasteiger partial charge in [-0.15, -0.1) is 0 Å². The number of rotatable bonds is 10. The summed E-state index contributed by atoms with van der Waals surface area (Å²) in [5.74, 6) is 0.200. The maximum atomic E-state index is 11.5. The summed E-state index contributed by atoms with van der Waals surface area (Å²) in [5, 5.41) is 9.41. The molecule has 5 nitrogen and oxygen atoms in total. The summed E-state index contributed by atoms with van der Waals surface area (Å²) < 4.78 is 11.0. The number of ether oxygens (including phenoxy) is 2. The molecule has 0 aliphatic carbocycles. The summed E-state index contributed by atoms with van der Waals surface area (Å²) in [5.41, 5.74) is 6.35. The molecule has 0 heterocycles. The fourth-order valence-corrected chi connectivity index (χ4v) is 2.33. The number of hydrogen-bond acceptors (Lipinski definition) is 4. The lowest BCUT2D eigenvalue weighted by Crippen LogP contribution is -2.19. The smallest absolute Gasteiger partial charge is 0.306 e. The van der Waals surface area contributed by atoms with Crippen LogP contribution in [0.4, 0.5) is 0 Å². The van der Waals surface area contributed by atoms with Gasteiger partial charge in [-0.2, -0.15) is 0 Å². The van der Waals surface area contributed by atoms with E-state index in [1.807, 2.05) is 54.6 Å². The van der Waals surface area contributed by atoms with Crippen LogP contribution in [0.1, 0.15) is 12.0 Å². The molecule has 0 amide bonds. The number of hydrogen-bond donors (Lipinski definition) is 2. The SMILES string of the molecule is NCCOc1ccc(CC(CCOc2ccccc2)C(=O)O)cc1. The van der Waals surface area contributed by atoms with Crippen LogP contribution in [0.25, 0.3) is 0 Å². The third-order valence-corrected chi connectivity index (χ3v) is 3.62. The molecule has 0 saturated heterocycles. The predicted molar refractivity (Wildman–Crippen MR) is 92.4 cm³/mol. The zero-order chi connectivity index (χ0) is 17.2. The first-order valence-electron chi connectivity index (χ1n) is 8.01. The van der Waals surface area contributed by atoms with E-state index in [4.69, 9.17) is 15.2 Å². The first-order chi connectivity index (χ1) is 11.7. The highest BCUT2D eigenvalue weighted by Gasteiger charge is 2.18. The lowest BCUT2D eigenvalue weighted by Gasteiger charge is -2.14. The number of aliphatic carboxylic acids is 1. The summed E-state index contributed by atoms with van der Waals surface area (Å²) in [6.45, 7) is 1.30. The van der Waals surface area contributed by atoms with E-state index in [0.29, 0.717) is 32.6 Å². The second kappa shape index (κ2) is 9.57. The van der Waals surface area contributed by atoms with Gasteiger partial charge in [0.2, 0.25) is 0 Å². The van der Waals surface area contributed by atoms with Crippen molar-refractivity contribution in [3.63, 3.8) is 0 Å². The maximum Gasteiger partial charge on any atom is 0.306 e. The quantitative estimate of drug-likeness (QED) is 0.700. The standard InChI is InChI=1S/C19H23NO4/c20-11-13-24-18-8-6-15(7-9-18)14-16(19(21)22)10-12-23-17-4-2-1-3-5-17/h1-9,16H,10-14,20H2,(H,21,22). The molecule has 128 valence electrons. The second-order valence-corrected chi connectivity index (χ2v) is 5.47. The molecule has 0 spiro atoms. The van der Waals surface area contributed by atoms with Crippen molar-refractivity contribution in [1.82, 2.24) is 0 Å². The highest BCUT2D eigenvalue weighted by molar-refractivity contribution is 5.70. The third kappa shape index (κ3) is 5.93. The van der Waals surface area contributed by atoms with Gasteiger partial charge in [-0.1, -0.05) is 30.3 Å². The van der Waals surface area contributed by atoms with Crippen LogP contribution in [0.15, 0.2) is 54.6 Å². The van der Waals surface area contributed by atoms with Gasteiger partial charge in [0.1, 0.15) is 18.1 Å². The molecule has 24 heavy (non-hydrogen) atoms. The van der Waals surface area contributed by atoms with Crippen LogP contribution in [0.5, 0.6) is 11.5 Å². The Balaban J connectivity index is 1.85. The molecule has 2 aromatic carbocycles. The van der Waals surface area contributed by atoms with Gasteiger partial charge in [0, 0.05) is 6.54 Å². The molecule has 0 aliphatic heterocycles. The average Bonchev–Trinajstić information content (AvgIpc) is 2.61. The molecular formula is C19H23NO4. The van der Waals surface area contributed by atoms with Crippen LogP contribution in [0, 0.1) is 5.92 Å². The number of nitrogens with two attached hydrogens (primary N) is 1. The van der Waals surface area contributed by atoms with Crippen LogP contribution < -0.4 is 15.2 Å². The third-order valence-electron chi connectivity index (χ3n) is 3.62. The van der Waals surface area contributed by atoms with Crippen molar-refractivity contribution in [3.8, 4) is 11.5 Å². The molecular weight excluding hydrogens is 306 g/mol. The summed E-state index contributed by atoms with van der Waals surface area (Å²) in [6.07, 6.45) is 0.917. The first-order valence-corrected chi connectivity index (χ1v) is 8.01. The molecule has 0 bridgehead atoms. The molecule has 0 aromatic heterocycles. The van der Waals surface area contributed by atoms with E-state index in [1.165, 1.54) is 0 Å². The second-order valence-electron chi connectivity index (χ2n) is 5.47. The van der Waals surface area contributed by atoms with Crippen LogP contribution in [0.2, 0.25) is 0 Å². The van der Waals surface area contributed by atoms with Gasteiger partial charge in [0.25, 0.3) is 0 Å². The van der Waals surface area contributed by atoms with Crippen LogP contribution >= 0.6 is 0 Å². The number of benzene rings is 2. The highest BCUT2D eigenvalue weighted by atomic mass is 16.5. The number of carboxylic acids is 1. The van der Waals surface area contributed by atoms with Crippen LogP contribution in [-0.2, 0) is 11.2 Å². The molecule has 1 unspecified atom stereocenters. The highest BCUT2D eigenvalue weighted by Crippen LogP contribution is 2.18. The fraction of sp³-hybridized carbons (Fsp3) is 0.316. The van der Waals surface area contributed by atoms with E-state index in [0.717, 1.165) is 17.1 Å². The normalized spacial score (nSPS) is 11.7. The summed E-state index contributed by atoms with van der Waals surface area (Å²) in [4.78, 5) is 11.5. The number of para-hydroxylation sites is 1. The van der Waals surface area contributed by atoms with Gasteiger partial charge in [-0.3, -0.25) is 4.79 Å². The van der Waals surface area contributed by atoms with Crippen LogP contribution in [-0.4, -0.2) is 30.8 Å². The van der Waals surface area contributed by atoms with E-state index in [1.54, 1.807) is 0 Å². The Kier molecular flexibility index (Phi) is 7.11. The predicted octanol–water partition coefficient (Wildman–Crippen LogP) is 2.74. The number of carboxylic acid groups (broad SMARTS) is 1. The summed E-state index contributed by atoms with van der Waals surface area (Å²) in [7, 11) is 0. The Hall–Kier alpha value is -2.53. The van der Waals surface area contributed by atoms with Gasteiger partial charge in [0.15, 0.2) is 0 Å². The molecule has 1 atom stereocenters. The van der Waals surface area contributed by atoms with Gasteiger partial charge in [-0.25, -0.2) is 0 Å². The molecule has 2 rings (SSSR count).